The van der Waals surface area contributed by atoms with E-state index < -0.39 is 5.92 Å². The first-order valence-electron chi connectivity index (χ1n) is 5.67. The summed E-state index contributed by atoms with van der Waals surface area (Å²) in [6, 6.07) is 0. The van der Waals surface area contributed by atoms with Gasteiger partial charge in [-0.15, -0.1) is 0 Å². The molecule has 1 saturated heterocycles. The highest BCUT2D eigenvalue weighted by molar-refractivity contribution is 5.10. The van der Waals surface area contributed by atoms with Crippen molar-refractivity contribution < 1.29 is 8.78 Å². The topological polar surface area (TPSA) is 29.9 Å². The minimum absolute atomic E-state index is 0.00133. The van der Waals surface area contributed by atoms with Crippen LogP contribution in [0.1, 0.15) is 25.3 Å². The summed E-state index contributed by atoms with van der Waals surface area (Å²) in [6.07, 6.45) is 4.92. The molecule has 0 radical (unpaired) electrons. The molecule has 3 nitrogen and oxygen atoms in total. The molecule has 1 fully saturated rings. The fourth-order valence-corrected chi connectivity index (χ4v) is 2.02. The van der Waals surface area contributed by atoms with Crippen LogP contribution in [0.5, 0.6) is 0 Å². The third-order valence-corrected chi connectivity index (χ3v) is 3.04. The predicted octanol–water partition coefficient (Wildman–Crippen LogP) is 1.99. The molecule has 0 aliphatic carbocycles. The lowest BCUT2D eigenvalue weighted by molar-refractivity contribution is 0.0173. The third kappa shape index (κ3) is 2.78. The van der Waals surface area contributed by atoms with E-state index in [0.717, 1.165) is 39.4 Å². The number of hydrogen-bond donors (Lipinski definition) is 1. The molecular formula is C11H17F2N3. The second kappa shape index (κ2) is 4.49. The van der Waals surface area contributed by atoms with Gasteiger partial charge in [-0.1, -0.05) is 0 Å². The van der Waals surface area contributed by atoms with E-state index in [1.807, 2.05) is 0 Å². The number of hydrogen-bond acceptors (Lipinski definition) is 2. The van der Waals surface area contributed by atoms with Crippen molar-refractivity contribution in [1.29, 1.82) is 0 Å². The van der Waals surface area contributed by atoms with Gasteiger partial charge < -0.3 is 5.32 Å². The third-order valence-electron chi connectivity index (χ3n) is 3.04. The van der Waals surface area contributed by atoms with Crippen molar-refractivity contribution in [2.75, 3.05) is 13.1 Å². The average molecular weight is 229 g/mol. The summed E-state index contributed by atoms with van der Waals surface area (Å²) in [6.45, 7) is 3.68. The number of halogens is 2. The van der Waals surface area contributed by atoms with Gasteiger partial charge in [0.25, 0.3) is 5.92 Å². The van der Waals surface area contributed by atoms with Gasteiger partial charge in [-0.05, 0) is 31.8 Å². The van der Waals surface area contributed by atoms with E-state index in [2.05, 4.69) is 10.4 Å². The smallest absolute Gasteiger partial charge is 0.273 e. The molecule has 2 rings (SSSR count). The number of alkyl halides is 2. The zero-order chi connectivity index (χ0) is 11.6. The Hall–Kier alpha value is -0.970. The van der Waals surface area contributed by atoms with Crippen LogP contribution in [0.2, 0.25) is 0 Å². The minimum atomic E-state index is -2.79. The van der Waals surface area contributed by atoms with Crippen LogP contribution in [0.4, 0.5) is 8.78 Å². The van der Waals surface area contributed by atoms with Crippen LogP contribution in [0.25, 0.3) is 0 Å². The Labute approximate surface area is 93.8 Å². The van der Waals surface area contributed by atoms with Gasteiger partial charge in [0.2, 0.25) is 0 Å². The van der Waals surface area contributed by atoms with Crippen molar-refractivity contribution in [3.63, 3.8) is 0 Å². The van der Waals surface area contributed by atoms with Gasteiger partial charge >= 0.3 is 0 Å². The quantitative estimate of drug-likeness (QED) is 0.859. The molecule has 16 heavy (non-hydrogen) atoms. The Balaban J connectivity index is 1.97. The molecule has 1 aromatic heterocycles. The van der Waals surface area contributed by atoms with Crippen LogP contribution >= 0.6 is 0 Å². The number of piperidine rings is 1. The van der Waals surface area contributed by atoms with Crippen LogP contribution in [0, 0.1) is 5.92 Å². The van der Waals surface area contributed by atoms with Gasteiger partial charge in [-0.3, -0.25) is 4.68 Å². The van der Waals surface area contributed by atoms with E-state index in [1.54, 1.807) is 4.68 Å². The van der Waals surface area contributed by atoms with Gasteiger partial charge in [0.15, 0.2) is 0 Å². The first-order chi connectivity index (χ1) is 7.55. The lowest BCUT2D eigenvalue weighted by atomic mass is 9.98. The van der Waals surface area contributed by atoms with Crippen molar-refractivity contribution in [2.24, 2.45) is 5.92 Å². The SMILES string of the molecule is CC(F)(F)c1cnn(CC2CCNCC2)c1. The highest BCUT2D eigenvalue weighted by Gasteiger charge is 2.26. The summed E-state index contributed by atoms with van der Waals surface area (Å²) in [4.78, 5) is 0. The summed E-state index contributed by atoms with van der Waals surface area (Å²) in [5, 5.41) is 7.27. The fourth-order valence-electron chi connectivity index (χ4n) is 2.02. The Morgan fingerprint density at radius 3 is 2.75 bits per heavy atom. The maximum atomic E-state index is 13.0. The molecule has 0 unspecified atom stereocenters. The Morgan fingerprint density at radius 2 is 2.19 bits per heavy atom. The molecule has 1 N–H and O–H groups in total. The van der Waals surface area contributed by atoms with E-state index in [-0.39, 0.29) is 5.56 Å². The van der Waals surface area contributed by atoms with Gasteiger partial charge in [0, 0.05) is 19.7 Å². The summed E-state index contributed by atoms with van der Waals surface area (Å²) < 4.78 is 27.6. The lowest BCUT2D eigenvalue weighted by Crippen LogP contribution is -2.30. The molecule has 0 amide bonds. The van der Waals surface area contributed by atoms with Gasteiger partial charge in [0.1, 0.15) is 0 Å². The normalized spacial score (nSPS) is 18.9. The molecule has 5 heteroatoms. The number of nitrogens with zero attached hydrogens (tertiary/aromatic N) is 2. The van der Waals surface area contributed by atoms with Crippen molar-refractivity contribution >= 4 is 0 Å². The van der Waals surface area contributed by atoms with E-state index in [9.17, 15) is 8.78 Å². The maximum Gasteiger partial charge on any atom is 0.273 e. The molecular weight excluding hydrogens is 212 g/mol. The van der Waals surface area contributed by atoms with E-state index in [0.29, 0.717) is 5.92 Å². The molecule has 0 spiro atoms. The largest absolute Gasteiger partial charge is 0.317 e. The first kappa shape index (κ1) is 11.5. The molecule has 2 heterocycles. The Kier molecular flexibility index (Phi) is 3.23. The van der Waals surface area contributed by atoms with Crippen molar-refractivity contribution in [1.82, 2.24) is 15.1 Å². The molecule has 0 aromatic carbocycles. The number of rotatable bonds is 3. The predicted molar refractivity (Wildman–Crippen MR) is 57.4 cm³/mol. The second-order valence-corrected chi connectivity index (χ2v) is 4.53. The summed E-state index contributed by atoms with van der Waals surface area (Å²) >= 11 is 0. The Morgan fingerprint density at radius 1 is 1.50 bits per heavy atom. The van der Waals surface area contributed by atoms with Gasteiger partial charge in [-0.25, -0.2) is 8.78 Å². The molecule has 1 aromatic rings. The van der Waals surface area contributed by atoms with Crippen LogP contribution in [-0.2, 0) is 12.5 Å². The zero-order valence-corrected chi connectivity index (χ0v) is 9.42. The molecule has 1 aliphatic heterocycles. The maximum absolute atomic E-state index is 13.0. The lowest BCUT2D eigenvalue weighted by Gasteiger charge is -2.22. The van der Waals surface area contributed by atoms with Crippen LogP contribution in [0.3, 0.4) is 0 Å². The fraction of sp³-hybridized carbons (Fsp3) is 0.727. The van der Waals surface area contributed by atoms with Crippen LogP contribution < -0.4 is 5.32 Å². The monoisotopic (exact) mass is 229 g/mol. The molecule has 0 saturated carbocycles. The van der Waals surface area contributed by atoms with Crippen LogP contribution in [0.15, 0.2) is 12.4 Å². The van der Waals surface area contributed by atoms with E-state index in [1.165, 1.54) is 12.4 Å². The second-order valence-electron chi connectivity index (χ2n) is 4.53. The zero-order valence-electron chi connectivity index (χ0n) is 9.42. The van der Waals surface area contributed by atoms with Crippen LogP contribution in [-0.4, -0.2) is 22.9 Å². The van der Waals surface area contributed by atoms with E-state index >= 15 is 0 Å². The van der Waals surface area contributed by atoms with Crippen molar-refractivity contribution in [3.05, 3.63) is 18.0 Å². The summed E-state index contributed by atoms with van der Waals surface area (Å²) in [7, 11) is 0. The summed E-state index contributed by atoms with van der Waals surface area (Å²) in [5.41, 5.74) is 0.00133. The Bertz CT molecular complexity index is 337. The van der Waals surface area contributed by atoms with E-state index in [4.69, 9.17) is 0 Å². The average Bonchev–Trinajstić information content (AvgIpc) is 2.67. The summed E-state index contributed by atoms with van der Waals surface area (Å²) in [5.74, 6) is -2.23. The van der Waals surface area contributed by atoms with Gasteiger partial charge in [-0.2, -0.15) is 5.10 Å². The number of nitrogens with one attached hydrogen (secondary N) is 1. The highest BCUT2D eigenvalue weighted by atomic mass is 19.3. The first-order valence-corrected chi connectivity index (χ1v) is 5.67. The molecule has 90 valence electrons. The molecule has 0 bridgehead atoms. The highest BCUT2D eigenvalue weighted by Crippen LogP contribution is 2.26. The minimum Gasteiger partial charge on any atom is -0.317 e. The number of aromatic nitrogens is 2. The molecule has 0 atom stereocenters. The van der Waals surface area contributed by atoms with Crippen molar-refractivity contribution in [3.8, 4) is 0 Å². The van der Waals surface area contributed by atoms with Gasteiger partial charge in [0.05, 0.1) is 11.8 Å². The molecule has 1 aliphatic rings. The van der Waals surface area contributed by atoms with Crippen molar-refractivity contribution in [2.45, 2.75) is 32.2 Å². The standard InChI is InChI=1S/C11H17F2N3/c1-11(12,13)10-6-15-16(8-10)7-9-2-4-14-5-3-9/h6,8-9,14H,2-5,7H2,1H3.